The fourth-order valence-electron chi connectivity index (χ4n) is 2.08. The number of ether oxygens (including phenoxy) is 1. The number of morpholine rings is 1. The molecule has 0 radical (unpaired) electrons. The number of benzene rings is 1. The first-order valence-electron chi connectivity index (χ1n) is 5.67. The first kappa shape index (κ1) is 13.7. The quantitative estimate of drug-likeness (QED) is 0.899. The van der Waals surface area contributed by atoms with Crippen molar-refractivity contribution in [3.63, 3.8) is 0 Å². The number of hydrogen-bond donors (Lipinski definition) is 1. The van der Waals surface area contributed by atoms with Crippen LogP contribution in [0.15, 0.2) is 18.2 Å². The van der Waals surface area contributed by atoms with Crippen LogP contribution < -0.4 is 4.90 Å². The second-order valence-electron chi connectivity index (χ2n) is 4.10. The minimum absolute atomic E-state index is 0.101. The number of aromatic carboxylic acids is 1. The Balaban J connectivity index is 2.53. The molecular formula is C12H12F3NO3. The van der Waals surface area contributed by atoms with Crippen LogP contribution in [0.1, 0.15) is 15.9 Å². The third kappa shape index (κ3) is 2.81. The molecule has 1 heterocycles. The lowest BCUT2D eigenvalue weighted by Gasteiger charge is -2.31. The highest BCUT2D eigenvalue weighted by Gasteiger charge is 2.39. The molecule has 1 N–H and O–H groups in total. The molecule has 2 rings (SSSR count). The molecule has 4 nitrogen and oxygen atoms in total. The van der Waals surface area contributed by atoms with Crippen molar-refractivity contribution in [1.82, 2.24) is 0 Å². The molecule has 0 spiro atoms. The second-order valence-corrected chi connectivity index (χ2v) is 4.10. The minimum Gasteiger partial charge on any atom is -0.478 e. The summed E-state index contributed by atoms with van der Waals surface area (Å²) in [6.07, 6.45) is -4.71. The number of hydrogen-bond acceptors (Lipinski definition) is 3. The lowest BCUT2D eigenvalue weighted by atomic mass is 10.0. The Morgan fingerprint density at radius 3 is 2.42 bits per heavy atom. The molecule has 104 valence electrons. The normalized spacial score (nSPS) is 16.5. The number of halogens is 3. The van der Waals surface area contributed by atoms with Crippen molar-refractivity contribution in [3.05, 3.63) is 29.3 Å². The molecule has 0 amide bonds. The van der Waals surface area contributed by atoms with Gasteiger partial charge >= 0.3 is 12.1 Å². The highest BCUT2D eigenvalue weighted by molar-refractivity contribution is 5.91. The zero-order chi connectivity index (χ0) is 14.0. The second kappa shape index (κ2) is 5.08. The van der Waals surface area contributed by atoms with Crippen LogP contribution in [0.4, 0.5) is 18.9 Å². The van der Waals surface area contributed by atoms with Crippen LogP contribution in [0, 0.1) is 0 Å². The molecule has 1 aromatic carbocycles. The third-order valence-corrected chi connectivity index (χ3v) is 2.91. The number of carboxylic acids is 1. The van der Waals surface area contributed by atoms with E-state index in [1.165, 1.54) is 17.0 Å². The first-order chi connectivity index (χ1) is 8.91. The number of alkyl halides is 3. The van der Waals surface area contributed by atoms with Crippen molar-refractivity contribution in [2.24, 2.45) is 0 Å². The van der Waals surface area contributed by atoms with E-state index in [2.05, 4.69) is 0 Å². The number of carboxylic acid groups (broad SMARTS) is 1. The summed E-state index contributed by atoms with van der Waals surface area (Å²) in [5, 5.41) is 8.91. The van der Waals surface area contributed by atoms with E-state index in [-0.39, 0.29) is 5.69 Å². The standard InChI is InChI=1S/C12H12F3NO3/c13-12(14,15)10-8(11(17)18)2-1-3-9(10)16-4-6-19-7-5-16/h1-3H,4-7H2,(H,17,18). The van der Waals surface area contributed by atoms with Crippen LogP contribution in [0.2, 0.25) is 0 Å². The van der Waals surface area contributed by atoms with Gasteiger partial charge in [-0.25, -0.2) is 4.79 Å². The molecule has 7 heteroatoms. The Hall–Kier alpha value is -1.76. The highest BCUT2D eigenvalue weighted by atomic mass is 19.4. The molecule has 1 aromatic rings. The molecule has 1 aliphatic heterocycles. The van der Waals surface area contributed by atoms with E-state index in [0.717, 1.165) is 6.07 Å². The Kier molecular flexibility index (Phi) is 3.66. The van der Waals surface area contributed by atoms with Crippen LogP contribution in [0.5, 0.6) is 0 Å². The molecule has 0 atom stereocenters. The SMILES string of the molecule is O=C(O)c1cccc(N2CCOCC2)c1C(F)(F)F. The van der Waals surface area contributed by atoms with Crippen molar-refractivity contribution in [3.8, 4) is 0 Å². The Morgan fingerprint density at radius 1 is 1.26 bits per heavy atom. The van der Waals surface area contributed by atoms with Crippen LogP contribution in [-0.4, -0.2) is 37.4 Å². The van der Waals surface area contributed by atoms with E-state index >= 15 is 0 Å². The van der Waals surface area contributed by atoms with Gasteiger partial charge in [-0.3, -0.25) is 0 Å². The molecule has 1 aliphatic rings. The molecule has 0 aliphatic carbocycles. The van der Waals surface area contributed by atoms with E-state index in [0.29, 0.717) is 26.3 Å². The maximum atomic E-state index is 13.1. The van der Waals surface area contributed by atoms with Gasteiger partial charge in [-0.05, 0) is 12.1 Å². The van der Waals surface area contributed by atoms with Gasteiger partial charge in [-0.15, -0.1) is 0 Å². The van der Waals surface area contributed by atoms with Gasteiger partial charge in [0, 0.05) is 18.8 Å². The zero-order valence-corrected chi connectivity index (χ0v) is 9.91. The van der Waals surface area contributed by atoms with Gasteiger partial charge in [-0.2, -0.15) is 13.2 Å². The van der Waals surface area contributed by atoms with Gasteiger partial charge in [0.2, 0.25) is 0 Å². The van der Waals surface area contributed by atoms with E-state index < -0.39 is 23.3 Å². The fraction of sp³-hybridized carbons (Fsp3) is 0.417. The Bertz CT molecular complexity index is 482. The van der Waals surface area contributed by atoms with E-state index in [4.69, 9.17) is 9.84 Å². The topological polar surface area (TPSA) is 49.8 Å². The predicted octanol–water partition coefficient (Wildman–Crippen LogP) is 2.24. The Morgan fingerprint density at radius 2 is 1.89 bits per heavy atom. The van der Waals surface area contributed by atoms with Gasteiger partial charge < -0.3 is 14.7 Å². The first-order valence-corrected chi connectivity index (χ1v) is 5.67. The van der Waals surface area contributed by atoms with Crippen molar-refractivity contribution in [1.29, 1.82) is 0 Å². The summed E-state index contributed by atoms with van der Waals surface area (Å²) in [6.45, 7) is 1.28. The van der Waals surface area contributed by atoms with Gasteiger partial charge in [0.15, 0.2) is 0 Å². The molecular weight excluding hydrogens is 263 g/mol. The lowest BCUT2D eigenvalue weighted by molar-refractivity contribution is -0.137. The summed E-state index contributed by atoms with van der Waals surface area (Å²) in [4.78, 5) is 12.5. The lowest BCUT2D eigenvalue weighted by Crippen LogP contribution is -2.37. The molecule has 0 saturated carbocycles. The maximum Gasteiger partial charge on any atom is 0.419 e. The smallest absolute Gasteiger partial charge is 0.419 e. The minimum atomic E-state index is -4.71. The number of nitrogens with zero attached hydrogens (tertiary/aromatic N) is 1. The number of carbonyl (C=O) groups is 1. The van der Waals surface area contributed by atoms with E-state index in [1.807, 2.05) is 0 Å². The summed E-state index contributed by atoms with van der Waals surface area (Å²) in [7, 11) is 0. The molecule has 1 saturated heterocycles. The number of anilines is 1. The summed E-state index contributed by atoms with van der Waals surface area (Å²) >= 11 is 0. The van der Waals surface area contributed by atoms with Crippen LogP contribution in [-0.2, 0) is 10.9 Å². The van der Waals surface area contributed by atoms with Crippen LogP contribution in [0.25, 0.3) is 0 Å². The average Bonchev–Trinajstić information content (AvgIpc) is 2.38. The van der Waals surface area contributed by atoms with Gasteiger partial charge in [-0.1, -0.05) is 6.07 Å². The van der Waals surface area contributed by atoms with Crippen molar-refractivity contribution in [2.75, 3.05) is 31.2 Å². The average molecular weight is 275 g/mol. The summed E-state index contributed by atoms with van der Waals surface area (Å²) in [5.74, 6) is -1.58. The molecule has 0 aromatic heterocycles. The summed E-state index contributed by atoms with van der Waals surface area (Å²) in [5.41, 5.74) is -1.92. The summed E-state index contributed by atoms with van der Waals surface area (Å²) < 4.78 is 44.4. The van der Waals surface area contributed by atoms with Crippen molar-refractivity contribution < 1.29 is 27.8 Å². The van der Waals surface area contributed by atoms with Crippen molar-refractivity contribution >= 4 is 11.7 Å². The monoisotopic (exact) mass is 275 g/mol. The van der Waals surface area contributed by atoms with E-state index in [9.17, 15) is 18.0 Å². The number of rotatable bonds is 2. The molecule has 1 fully saturated rings. The van der Waals surface area contributed by atoms with E-state index in [1.54, 1.807) is 0 Å². The van der Waals surface area contributed by atoms with Gasteiger partial charge in [0.1, 0.15) is 0 Å². The molecule has 0 bridgehead atoms. The summed E-state index contributed by atoms with van der Waals surface area (Å²) in [6, 6.07) is 3.58. The maximum absolute atomic E-state index is 13.1. The fourth-order valence-corrected chi connectivity index (χ4v) is 2.08. The Labute approximate surface area is 107 Å². The highest BCUT2D eigenvalue weighted by Crippen LogP contribution is 2.39. The van der Waals surface area contributed by atoms with Crippen LogP contribution in [0.3, 0.4) is 0 Å². The van der Waals surface area contributed by atoms with Crippen molar-refractivity contribution in [2.45, 2.75) is 6.18 Å². The van der Waals surface area contributed by atoms with Gasteiger partial charge in [0.05, 0.1) is 24.3 Å². The molecule has 0 unspecified atom stereocenters. The zero-order valence-electron chi connectivity index (χ0n) is 9.91. The van der Waals surface area contributed by atoms with Gasteiger partial charge in [0.25, 0.3) is 0 Å². The van der Waals surface area contributed by atoms with Crippen LogP contribution >= 0.6 is 0 Å². The predicted molar refractivity (Wildman–Crippen MR) is 61.4 cm³/mol. The largest absolute Gasteiger partial charge is 0.478 e. The third-order valence-electron chi connectivity index (χ3n) is 2.91. The molecule has 19 heavy (non-hydrogen) atoms.